The Morgan fingerprint density at radius 3 is 2.81 bits per heavy atom. The Kier molecular flexibility index (Phi) is 5.21. The first kappa shape index (κ1) is 17.7. The van der Waals surface area contributed by atoms with E-state index in [1.807, 2.05) is 42.6 Å². The van der Waals surface area contributed by atoms with Gasteiger partial charge in [0.05, 0.1) is 16.7 Å². The molecule has 0 aliphatic heterocycles. The number of hydrogen-bond donors (Lipinski definition) is 1. The Morgan fingerprint density at radius 1 is 1.22 bits per heavy atom. The predicted molar refractivity (Wildman–Crippen MR) is 107 cm³/mol. The number of aryl methyl sites for hydroxylation is 2. The molecule has 0 bridgehead atoms. The van der Waals surface area contributed by atoms with E-state index in [1.54, 1.807) is 11.3 Å². The van der Waals surface area contributed by atoms with Crippen molar-refractivity contribution in [3.05, 3.63) is 81.3 Å². The zero-order valence-electron chi connectivity index (χ0n) is 15.3. The van der Waals surface area contributed by atoms with Gasteiger partial charge in [0.15, 0.2) is 0 Å². The van der Waals surface area contributed by atoms with E-state index in [9.17, 15) is 4.79 Å². The zero-order valence-corrected chi connectivity index (χ0v) is 16.1. The van der Waals surface area contributed by atoms with Gasteiger partial charge in [0.25, 0.3) is 5.91 Å². The van der Waals surface area contributed by atoms with E-state index in [0.29, 0.717) is 12.2 Å². The highest BCUT2D eigenvalue weighted by Gasteiger charge is 2.21. The molecule has 4 rings (SSSR count). The summed E-state index contributed by atoms with van der Waals surface area (Å²) in [5.74, 6) is 0.693. The van der Waals surface area contributed by atoms with Gasteiger partial charge >= 0.3 is 0 Å². The SMILES string of the molecule is Cc1nc(COc2ccc(C(=O)NC3CCCc4ccccc43)cc2)cs1. The number of ether oxygens (including phenoxy) is 1. The minimum Gasteiger partial charge on any atom is -0.487 e. The molecule has 5 heteroatoms. The van der Waals surface area contributed by atoms with E-state index < -0.39 is 0 Å². The van der Waals surface area contributed by atoms with Crippen LogP contribution in [0.4, 0.5) is 0 Å². The van der Waals surface area contributed by atoms with Crippen LogP contribution in [0.1, 0.15) is 51.1 Å². The average Bonchev–Trinajstić information content (AvgIpc) is 3.12. The third-order valence-electron chi connectivity index (χ3n) is 4.84. The van der Waals surface area contributed by atoms with E-state index in [1.165, 1.54) is 11.1 Å². The Balaban J connectivity index is 1.38. The van der Waals surface area contributed by atoms with Gasteiger partial charge in [-0.2, -0.15) is 0 Å². The predicted octanol–water partition coefficient (Wildman–Crippen LogP) is 4.84. The van der Waals surface area contributed by atoms with Crippen LogP contribution in [0.25, 0.3) is 0 Å². The summed E-state index contributed by atoms with van der Waals surface area (Å²) in [7, 11) is 0. The molecule has 1 unspecified atom stereocenters. The van der Waals surface area contributed by atoms with Crippen LogP contribution in [-0.2, 0) is 13.0 Å². The lowest BCUT2D eigenvalue weighted by molar-refractivity contribution is 0.0932. The molecule has 3 aromatic rings. The largest absolute Gasteiger partial charge is 0.487 e. The number of amides is 1. The number of benzene rings is 2. The van der Waals surface area contributed by atoms with Gasteiger partial charge in [-0.05, 0) is 61.6 Å². The highest BCUT2D eigenvalue weighted by atomic mass is 32.1. The first-order chi connectivity index (χ1) is 13.2. The molecule has 138 valence electrons. The van der Waals surface area contributed by atoms with Crippen LogP contribution in [-0.4, -0.2) is 10.9 Å². The van der Waals surface area contributed by atoms with Gasteiger partial charge in [0.2, 0.25) is 0 Å². The van der Waals surface area contributed by atoms with E-state index in [0.717, 1.165) is 35.7 Å². The smallest absolute Gasteiger partial charge is 0.251 e. The summed E-state index contributed by atoms with van der Waals surface area (Å²) in [6, 6.07) is 15.8. The van der Waals surface area contributed by atoms with Gasteiger partial charge < -0.3 is 10.1 Å². The average molecular weight is 378 g/mol. The van der Waals surface area contributed by atoms with Crippen molar-refractivity contribution in [3.8, 4) is 5.75 Å². The Labute approximate surface area is 163 Å². The Hall–Kier alpha value is -2.66. The quantitative estimate of drug-likeness (QED) is 0.691. The minimum atomic E-state index is -0.0432. The van der Waals surface area contributed by atoms with E-state index in [-0.39, 0.29) is 11.9 Å². The Bertz CT molecular complexity index is 933. The maximum Gasteiger partial charge on any atom is 0.251 e. The van der Waals surface area contributed by atoms with Gasteiger partial charge in [-0.1, -0.05) is 24.3 Å². The van der Waals surface area contributed by atoms with Crippen molar-refractivity contribution in [2.45, 2.75) is 38.8 Å². The molecule has 0 fully saturated rings. The van der Waals surface area contributed by atoms with Crippen LogP contribution < -0.4 is 10.1 Å². The molecule has 27 heavy (non-hydrogen) atoms. The molecule has 1 atom stereocenters. The summed E-state index contributed by atoms with van der Waals surface area (Å²) in [6.45, 7) is 2.42. The normalized spacial score (nSPS) is 15.8. The topological polar surface area (TPSA) is 51.2 Å². The van der Waals surface area contributed by atoms with E-state index >= 15 is 0 Å². The molecule has 1 N–H and O–H groups in total. The monoisotopic (exact) mass is 378 g/mol. The molecule has 1 aliphatic carbocycles. The first-order valence-corrected chi connectivity index (χ1v) is 10.1. The second kappa shape index (κ2) is 7.92. The summed E-state index contributed by atoms with van der Waals surface area (Å²) in [5, 5.41) is 6.21. The van der Waals surface area contributed by atoms with Crippen molar-refractivity contribution in [1.82, 2.24) is 10.3 Å². The number of nitrogens with one attached hydrogen (secondary N) is 1. The highest BCUT2D eigenvalue weighted by molar-refractivity contribution is 7.09. The molecule has 1 aromatic heterocycles. The number of carbonyl (C=O) groups is 1. The number of rotatable bonds is 5. The number of carbonyl (C=O) groups excluding carboxylic acids is 1. The van der Waals surface area contributed by atoms with Crippen molar-refractivity contribution in [1.29, 1.82) is 0 Å². The lowest BCUT2D eigenvalue weighted by Gasteiger charge is -2.26. The standard InChI is InChI=1S/C22H22N2O2S/c1-15-23-18(14-27-15)13-26-19-11-9-17(10-12-19)22(25)24-21-8-4-6-16-5-2-3-7-20(16)21/h2-3,5,7,9-12,14,21H,4,6,8,13H2,1H3,(H,24,25). The molecule has 1 amide bonds. The highest BCUT2D eigenvalue weighted by Crippen LogP contribution is 2.29. The number of nitrogens with zero attached hydrogens (tertiary/aromatic N) is 1. The molecule has 0 radical (unpaired) electrons. The van der Waals surface area contributed by atoms with Gasteiger partial charge in [0.1, 0.15) is 12.4 Å². The fourth-order valence-electron chi connectivity index (χ4n) is 3.48. The molecule has 4 nitrogen and oxygen atoms in total. The third-order valence-corrected chi connectivity index (χ3v) is 5.67. The molecular formula is C22H22N2O2S. The van der Waals surface area contributed by atoms with Crippen molar-refractivity contribution in [2.75, 3.05) is 0 Å². The van der Waals surface area contributed by atoms with Gasteiger partial charge in [0, 0.05) is 10.9 Å². The second-order valence-corrected chi connectivity index (χ2v) is 7.85. The molecule has 0 saturated carbocycles. The summed E-state index contributed by atoms with van der Waals surface area (Å²) in [4.78, 5) is 17.0. The molecule has 1 heterocycles. The second-order valence-electron chi connectivity index (χ2n) is 6.79. The molecule has 2 aromatic carbocycles. The molecular weight excluding hydrogens is 356 g/mol. The fourth-order valence-corrected chi connectivity index (χ4v) is 4.08. The van der Waals surface area contributed by atoms with E-state index in [2.05, 4.69) is 28.5 Å². The molecule has 0 saturated heterocycles. The maximum absolute atomic E-state index is 12.7. The van der Waals surface area contributed by atoms with Crippen LogP contribution in [0.15, 0.2) is 53.9 Å². The summed E-state index contributed by atoms with van der Waals surface area (Å²) >= 11 is 1.61. The Morgan fingerprint density at radius 2 is 2.04 bits per heavy atom. The number of hydrogen-bond acceptors (Lipinski definition) is 4. The van der Waals surface area contributed by atoms with Gasteiger partial charge in [-0.25, -0.2) is 4.98 Å². The minimum absolute atomic E-state index is 0.0432. The summed E-state index contributed by atoms with van der Waals surface area (Å²) in [6.07, 6.45) is 3.18. The van der Waals surface area contributed by atoms with Crippen LogP contribution in [0.3, 0.4) is 0 Å². The number of aromatic nitrogens is 1. The lowest BCUT2D eigenvalue weighted by atomic mass is 9.87. The van der Waals surface area contributed by atoms with Crippen molar-refractivity contribution < 1.29 is 9.53 Å². The molecule has 0 spiro atoms. The van der Waals surface area contributed by atoms with Crippen LogP contribution in [0.5, 0.6) is 5.75 Å². The maximum atomic E-state index is 12.7. The van der Waals surface area contributed by atoms with Gasteiger partial charge in [-0.15, -0.1) is 11.3 Å². The van der Waals surface area contributed by atoms with Gasteiger partial charge in [-0.3, -0.25) is 4.79 Å². The number of thiazole rings is 1. The van der Waals surface area contributed by atoms with Crippen molar-refractivity contribution in [3.63, 3.8) is 0 Å². The number of fused-ring (bicyclic) bond motifs is 1. The van der Waals surface area contributed by atoms with Crippen LogP contribution in [0, 0.1) is 6.92 Å². The first-order valence-electron chi connectivity index (χ1n) is 9.21. The molecule has 1 aliphatic rings. The third kappa shape index (κ3) is 4.19. The lowest BCUT2D eigenvalue weighted by Crippen LogP contribution is -2.30. The van der Waals surface area contributed by atoms with Crippen molar-refractivity contribution >= 4 is 17.2 Å². The van der Waals surface area contributed by atoms with E-state index in [4.69, 9.17) is 4.74 Å². The van der Waals surface area contributed by atoms with Crippen LogP contribution >= 0.6 is 11.3 Å². The zero-order chi connectivity index (χ0) is 18.6. The summed E-state index contributed by atoms with van der Waals surface area (Å²) in [5.41, 5.74) is 4.16. The van der Waals surface area contributed by atoms with Crippen molar-refractivity contribution in [2.24, 2.45) is 0 Å². The fraction of sp³-hybridized carbons (Fsp3) is 0.273. The summed E-state index contributed by atoms with van der Waals surface area (Å²) < 4.78 is 5.75. The van der Waals surface area contributed by atoms with Crippen LogP contribution in [0.2, 0.25) is 0 Å².